The van der Waals surface area contributed by atoms with Crippen molar-refractivity contribution in [2.24, 2.45) is 0 Å². The Labute approximate surface area is 91.3 Å². The van der Waals surface area contributed by atoms with Crippen molar-refractivity contribution < 1.29 is 0 Å². The molecule has 0 aliphatic rings. The van der Waals surface area contributed by atoms with E-state index in [1.54, 1.807) is 0 Å². The highest BCUT2D eigenvalue weighted by atomic mass is 15.0. The van der Waals surface area contributed by atoms with Crippen molar-refractivity contribution in [2.75, 3.05) is 20.6 Å². The van der Waals surface area contributed by atoms with Crippen LogP contribution in [0, 0.1) is 0 Å². The first kappa shape index (κ1) is 10.2. The van der Waals surface area contributed by atoms with Crippen LogP contribution in [0.25, 0.3) is 10.8 Å². The van der Waals surface area contributed by atoms with Crippen LogP contribution in [0.1, 0.15) is 5.56 Å². The van der Waals surface area contributed by atoms with Crippen molar-refractivity contribution in [3.8, 4) is 0 Å². The van der Waals surface area contributed by atoms with Crippen molar-refractivity contribution >= 4 is 10.8 Å². The van der Waals surface area contributed by atoms with E-state index in [1.165, 1.54) is 16.3 Å². The summed E-state index contributed by atoms with van der Waals surface area (Å²) < 4.78 is 0. The maximum Gasteiger partial charge on any atom is 0.00157 e. The number of likely N-dealkylation sites (N-methyl/N-ethyl adjacent to an activating group) is 1. The Balaban J connectivity index is 2.23. The zero-order valence-corrected chi connectivity index (χ0v) is 9.40. The van der Waals surface area contributed by atoms with Crippen LogP contribution in [0.3, 0.4) is 0 Å². The van der Waals surface area contributed by atoms with E-state index in [-0.39, 0.29) is 0 Å². The van der Waals surface area contributed by atoms with Crippen LogP contribution in [-0.2, 0) is 6.42 Å². The minimum Gasteiger partial charge on any atom is -0.309 e. The summed E-state index contributed by atoms with van der Waals surface area (Å²) in [5.41, 5.74) is 1.42. The van der Waals surface area contributed by atoms with Gasteiger partial charge in [-0.1, -0.05) is 42.5 Å². The highest BCUT2D eigenvalue weighted by molar-refractivity contribution is 5.82. The molecule has 0 radical (unpaired) electrons. The van der Waals surface area contributed by atoms with Crippen LogP contribution in [0.15, 0.2) is 42.5 Å². The van der Waals surface area contributed by atoms with E-state index in [1.807, 2.05) is 0 Å². The summed E-state index contributed by atoms with van der Waals surface area (Å²) in [5.74, 6) is 0. The van der Waals surface area contributed by atoms with Crippen molar-refractivity contribution in [1.82, 2.24) is 4.90 Å². The Morgan fingerprint density at radius 3 is 2.40 bits per heavy atom. The van der Waals surface area contributed by atoms with Crippen molar-refractivity contribution in [1.29, 1.82) is 0 Å². The normalized spacial score (nSPS) is 11.1. The van der Waals surface area contributed by atoms with Gasteiger partial charge in [0, 0.05) is 6.54 Å². The predicted molar refractivity (Wildman–Crippen MR) is 66.2 cm³/mol. The minimum absolute atomic E-state index is 1.11. The molecule has 0 N–H and O–H groups in total. The molecule has 2 aromatic rings. The first-order valence-corrected chi connectivity index (χ1v) is 5.38. The lowest BCUT2D eigenvalue weighted by molar-refractivity contribution is 0.414. The standard InChI is InChI=1S/C14H17N/c1-15(2)10-9-12-7-8-13-5-3-4-6-14(13)11-12/h3-8,11H,9-10H2,1-2H3. The fraction of sp³-hybridized carbons (Fsp3) is 0.286. The second-order valence-corrected chi connectivity index (χ2v) is 4.23. The van der Waals surface area contributed by atoms with Gasteiger partial charge in [-0.2, -0.15) is 0 Å². The number of hydrogen-bond donors (Lipinski definition) is 0. The second kappa shape index (κ2) is 4.45. The summed E-state index contributed by atoms with van der Waals surface area (Å²) in [7, 11) is 4.22. The molecule has 78 valence electrons. The summed E-state index contributed by atoms with van der Waals surface area (Å²) in [5, 5.41) is 2.67. The van der Waals surface area contributed by atoms with Crippen LogP contribution in [0.2, 0.25) is 0 Å². The Hall–Kier alpha value is -1.34. The van der Waals surface area contributed by atoms with Gasteiger partial charge in [-0.15, -0.1) is 0 Å². The maximum absolute atomic E-state index is 2.29. The summed E-state index contributed by atoms with van der Waals surface area (Å²) in [6, 6.07) is 15.2. The number of rotatable bonds is 3. The molecule has 0 spiro atoms. The number of fused-ring (bicyclic) bond motifs is 1. The largest absolute Gasteiger partial charge is 0.309 e. The van der Waals surface area contributed by atoms with Gasteiger partial charge in [0.2, 0.25) is 0 Å². The molecule has 0 fully saturated rings. The number of hydrogen-bond acceptors (Lipinski definition) is 1. The Morgan fingerprint density at radius 1 is 0.933 bits per heavy atom. The van der Waals surface area contributed by atoms with Crippen LogP contribution >= 0.6 is 0 Å². The average molecular weight is 199 g/mol. The quantitative estimate of drug-likeness (QED) is 0.734. The van der Waals surface area contributed by atoms with Gasteiger partial charge in [0.15, 0.2) is 0 Å². The SMILES string of the molecule is CN(C)CCc1ccc2ccccc2c1. The smallest absolute Gasteiger partial charge is 0.00157 e. The summed E-state index contributed by atoms with van der Waals surface area (Å²) in [4.78, 5) is 2.22. The third kappa shape index (κ3) is 2.57. The molecule has 0 bridgehead atoms. The molecule has 0 amide bonds. The fourth-order valence-electron chi connectivity index (χ4n) is 1.75. The number of benzene rings is 2. The van der Waals surface area contributed by atoms with Gasteiger partial charge in [0.05, 0.1) is 0 Å². The van der Waals surface area contributed by atoms with E-state index in [9.17, 15) is 0 Å². The van der Waals surface area contributed by atoms with E-state index in [2.05, 4.69) is 61.5 Å². The highest BCUT2D eigenvalue weighted by Crippen LogP contribution is 2.15. The molecule has 0 heterocycles. The van der Waals surface area contributed by atoms with E-state index in [0.29, 0.717) is 0 Å². The molecule has 15 heavy (non-hydrogen) atoms. The molecule has 1 heteroatoms. The Bertz CT molecular complexity index is 446. The van der Waals surface area contributed by atoms with Crippen molar-refractivity contribution in [2.45, 2.75) is 6.42 Å². The third-order valence-corrected chi connectivity index (χ3v) is 2.66. The minimum atomic E-state index is 1.11. The molecule has 0 atom stereocenters. The van der Waals surface area contributed by atoms with Crippen LogP contribution in [0.4, 0.5) is 0 Å². The first-order chi connectivity index (χ1) is 7.25. The van der Waals surface area contributed by atoms with Crippen LogP contribution in [0.5, 0.6) is 0 Å². The molecule has 1 nitrogen and oxygen atoms in total. The zero-order chi connectivity index (χ0) is 10.7. The van der Waals surface area contributed by atoms with Gasteiger partial charge in [-0.05, 0) is 36.9 Å². The summed E-state index contributed by atoms with van der Waals surface area (Å²) in [6.45, 7) is 1.11. The lowest BCUT2D eigenvalue weighted by Gasteiger charge is -2.09. The second-order valence-electron chi connectivity index (χ2n) is 4.23. The van der Waals surface area contributed by atoms with Gasteiger partial charge in [-0.25, -0.2) is 0 Å². The summed E-state index contributed by atoms with van der Waals surface area (Å²) in [6.07, 6.45) is 1.12. The van der Waals surface area contributed by atoms with Gasteiger partial charge in [0.1, 0.15) is 0 Å². The molecule has 2 aromatic carbocycles. The van der Waals surface area contributed by atoms with Gasteiger partial charge in [-0.3, -0.25) is 0 Å². The van der Waals surface area contributed by atoms with Crippen LogP contribution < -0.4 is 0 Å². The van der Waals surface area contributed by atoms with Gasteiger partial charge < -0.3 is 4.90 Å². The third-order valence-electron chi connectivity index (χ3n) is 2.66. The van der Waals surface area contributed by atoms with E-state index < -0.39 is 0 Å². The lowest BCUT2D eigenvalue weighted by atomic mass is 10.1. The van der Waals surface area contributed by atoms with Crippen LogP contribution in [-0.4, -0.2) is 25.5 Å². The van der Waals surface area contributed by atoms with Gasteiger partial charge in [0.25, 0.3) is 0 Å². The van der Waals surface area contributed by atoms with Crippen molar-refractivity contribution in [3.05, 3.63) is 48.0 Å². The molecular formula is C14H17N. The molecule has 0 unspecified atom stereocenters. The zero-order valence-electron chi connectivity index (χ0n) is 9.40. The topological polar surface area (TPSA) is 3.24 Å². The molecular weight excluding hydrogens is 182 g/mol. The van der Waals surface area contributed by atoms with E-state index in [4.69, 9.17) is 0 Å². The maximum atomic E-state index is 2.29. The highest BCUT2D eigenvalue weighted by Gasteiger charge is 1.97. The lowest BCUT2D eigenvalue weighted by Crippen LogP contribution is -2.14. The average Bonchev–Trinajstić information content (AvgIpc) is 2.26. The van der Waals surface area contributed by atoms with Gasteiger partial charge >= 0.3 is 0 Å². The molecule has 0 saturated carbocycles. The molecule has 0 aromatic heterocycles. The summed E-state index contributed by atoms with van der Waals surface area (Å²) >= 11 is 0. The number of nitrogens with zero attached hydrogens (tertiary/aromatic N) is 1. The molecule has 0 aliphatic heterocycles. The monoisotopic (exact) mass is 199 g/mol. The molecule has 2 rings (SSSR count). The van der Waals surface area contributed by atoms with Crippen molar-refractivity contribution in [3.63, 3.8) is 0 Å². The first-order valence-electron chi connectivity index (χ1n) is 5.38. The van der Waals surface area contributed by atoms with E-state index >= 15 is 0 Å². The Morgan fingerprint density at radius 2 is 1.67 bits per heavy atom. The molecule has 0 aliphatic carbocycles. The fourth-order valence-corrected chi connectivity index (χ4v) is 1.75. The van der Waals surface area contributed by atoms with E-state index in [0.717, 1.165) is 13.0 Å². The predicted octanol–water partition coefficient (Wildman–Crippen LogP) is 2.94. The Kier molecular flexibility index (Phi) is 3.02. The molecule has 0 saturated heterocycles.